The van der Waals surface area contributed by atoms with E-state index in [0.717, 1.165) is 12.8 Å². The van der Waals surface area contributed by atoms with Gasteiger partial charge in [0, 0.05) is 13.7 Å². The topological polar surface area (TPSA) is 76.7 Å². The van der Waals surface area contributed by atoms with E-state index in [2.05, 4.69) is 10.6 Å². The van der Waals surface area contributed by atoms with Gasteiger partial charge >= 0.3 is 0 Å². The van der Waals surface area contributed by atoms with Gasteiger partial charge in [-0.1, -0.05) is 0 Å². The van der Waals surface area contributed by atoms with E-state index in [-0.39, 0.29) is 18.4 Å². The summed E-state index contributed by atoms with van der Waals surface area (Å²) in [6, 6.07) is -0.420. The van der Waals surface area contributed by atoms with Gasteiger partial charge in [-0.2, -0.15) is 0 Å². The van der Waals surface area contributed by atoms with Gasteiger partial charge in [0.2, 0.25) is 11.8 Å². The number of rotatable bonds is 6. The van der Waals surface area contributed by atoms with E-state index in [1.165, 1.54) is 0 Å². The van der Waals surface area contributed by atoms with Crippen molar-refractivity contribution < 1.29 is 19.1 Å². The van der Waals surface area contributed by atoms with E-state index >= 15 is 0 Å². The summed E-state index contributed by atoms with van der Waals surface area (Å²) in [6.07, 6.45) is 2.59. The van der Waals surface area contributed by atoms with Crippen molar-refractivity contribution in [1.82, 2.24) is 10.6 Å². The number of carbonyl (C=O) groups excluding carboxylic acids is 2. The Bertz CT molecular complexity index is 258. The molecule has 2 amide bonds. The summed E-state index contributed by atoms with van der Waals surface area (Å²) in [6.45, 7) is 1.49. The molecule has 0 spiro atoms. The molecule has 0 aliphatic carbocycles. The van der Waals surface area contributed by atoms with Gasteiger partial charge in [0.25, 0.3) is 0 Å². The highest BCUT2D eigenvalue weighted by molar-refractivity contribution is 5.88. The number of hydrogen-bond acceptors (Lipinski definition) is 4. The van der Waals surface area contributed by atoms with Gasteiger partial charge in [0.1, 0.15) is 12.6 Å². The molecular formula is C11H20N2O4. The second kappa shape index (κ2) is 8.03. The van der Waals surface area contributed by atoms with Crippen LogP contribution in [0.4, 0.5) is 0 Å². The first-order valence-corrected chi connectivity index (χ1v) is 5.88. The summed E-state index contributed by atoms with van der Waals surface area (Å²) < 4.78 is 9.86. The number of amides is 2. The molecule has 0 radical (unpaired) electrons. The van der Waals surface area contributed by atoms with Gasteiger partial charge in [-0.05, 0) is 19.3 Å². The fourth-order valence-corrected chi connectivity index (χ4v) is 1.62. The molecule has 6 nitrogen and oxygen atoms in total. The van der Waals surface area contributed by atoms with Crippen LogP contribution in [-0.4, -0.2) is 51.3 Å². The Morgan fingerprint density at radius 2 is 2.29 bits per heavy atom. The van der Waals surface area contributed by atoms with Crippen molar-refractivity contribution in [3.8, 4) is 0 Å². The van der Waals surface area contributed by atoms with Crippen molar-refractivity contribution >= 4 is 11.8 Å². The molecule has 1 atom stereocenters. The van der Waals surface area contributed by atoms with Crippen molar-refractivity contribution in [3.63, 3.8) is 0 Å². The number of ether oxygens (including phenoxy) is 2. The smallest absolute Gasteiger partial charge is 0.246 e. The maximum atomic E-state index is 11.5. The second-order valence-corrected chi connectivity index (χ2v) is 3.95. The summed E-state index contributed by atoms with van der Waals surface area (Å²) in [5.74, 6) is -0.365. The molecule has 0 aromatic carbocycles. The summed E-state index contributed by atoms with van der Waals surface area (Å²) >= 11 is 0. The number of carbonyl (C=O) groups is 2. The fraction of sp³-hybridized carbons (Fsp3) is 0.818. The highest BCUT2D eigenvalue weighted by atomic mass is 16.5. The second-order valence-electron chi connectivity index (χ2n) is 3.95. The monoisotopic (exact) mass is 244 g/mol. The van der Waals surface area contributed by atoms with Crippen LogP contribution in [0.1, 0.15) is 19.3 Å². The van der Waals surface area contributed by atoms with Gasteiger partial charge in [0.05, 0.1) is 13.2 Å². The van der Waals surface area contributed by atoms with E-state index < -0.39 is 6.04 Å². The standard InChI is InChI=1S/C11H20N2O4/c1-16-6-7-17-8-10(14)13-9-4-2-3-5-12-11(9)15/h9H,2-8H2,1H3,(H,12,15)(H,13,14). The van der Waals surface area contributed by atoms with Crippen molar-refractivity contribution in [2.45, 2.75) is 25.3 Å². The average molecular weight is 244 g/mol. The minimum atomic E-state index is -0.420. The minimum absolute atomic E-state index is 0.0346. The maximum absolute atomic E-state index is 11.5. The summed E-state index contributed by atoms with van der Waals surface area (Å²) in [7, 11) is 1.57. The van der Waals surface area contributed by atoms with Gasteiger partial charge < -0.3 is 20.1 Å². The largest absolute Gasteiger partial charge is 0.382 e. The molecule has 98 valence electrons. The predicted molar refractivity (Wildman–Crippen MR) is 61.5 cm³/mol. The Labute approximate surface area is 101 Å². The molecule has 1 fully saturated rings. The molecule has 0 saturated carbocycles. The van der Waals surface area contributed by atoms with Crippen LogP contribution in [0.5, 0.6) is 0 Å². The Kier molecular flexibility index (Phi) is 6.57. The molecule has 0 aromatic heterocycles. The average Bonchev–Trinajstić information content (AvgIpc) is 2.51. The van der Waals surface area contributed by atoms with Crippen molar-refractivity contribution in [1.29, 1.82) is 0 Å². The zero-order chi connectivity index (χ0) is 12.5. The molecule has 0 bridgehead atoms. The molecule has 17 heavy (non-hydrogen) atoms. The molecule has 1 heterocycles. The normalized spacial score (nSPS) is 20.5. The van der Waals surface area contributed by atoms with Gasteiger partial charge in [-0.25, -0.2) is 0 Å². The minimum Gasteiger partial charge on any atom is -0.382 e. The molecule has 0 aromatic rings. The lowest BCUT2D eigenvalue weighted by Crippen LogP contribution is -2.46. The number of hydrogen-bond donors (Lipinski definition) is 2. The van der Waals surface area contributed by atoms with E-state index in [1.54, 1.807) is 7.11 Å². The third-order valence-corrected chi connectivity index (χ3v) is 2.54. The lowest BCUT2D eigenvalue weighted by Gasteiger charge is -2.15. The first-order valence-electron chi connectivity index (χ1n) is 5.88. The van der Waals surface area contributed by atoms with Crippen LogP contribution in [0.15, 0.2) is 0 Å². The molecule has 1 rings (SSSR count). The SMILES string of the molecule is COCCOCC(=O)NC1CCCCNC1=O. The molecule has 1 aliphatic heterocycles. The molecule has 1 saturated heterocycles. The number of nitrogens with one attached hydrogen (secondary N) is 2. The van der Waals surface area contributed by atoms with Crippen LogP contribution in [0.3, 0.4) is 0 Å². The van der Waals surface area contributed by atoms with Crippen LogP contribution in [0.25, 0.3) is 0 Å². The van der Waals surface area contributed by atoms with E-state index in [9.17, 15) is 9.59 Å². The lowest BCUT2D eigenvalue weighted by molar-refractivity contribution is -0.131. The Balaban J connectivity index is 2.21. The molecule has 6 heteroatoms. The Morgan fingerprint density at radius 1 is 1.47 bits per heavy atom. The number of methoxy groups -OCH3 is 1. The van der Waals surface area contributed by atoms with E-state index in [0.29, 0.717) is 26.2 Å². The highest BCUT2D eigenvalue weighted by Gasteiger charge is 2.21. The van der Waals surface area contributed by atoms with Crippen LogP contribution in [0.2, 0.25) is 0 Å². The third-order valence-electron chi connectivity index (χ3n) is 2.54. The lowest BCUT2D eigenvalue weighted by atomic mass is 10.1. The van der Waals surface area contributed by atoms with Crippen LogP contribution >= 0.6 is 0 Å². The molecule has 1 aliphatic rings. The Hall–Kier alpha value is -1.14. The molecule has 1 unspecified atom stereocenters. The van der Waals surface area contributed by atoms with Crippen molar-refractivity contribution in [2.24, 2.45) is 0 Å². The Morgan fingerprint density at radius 3 is 3.06 bits per heavy atom. The van der Waals surface area contributed by atoms with Crippen LogP contribution < -0.4 is 10.6 Å². The first-order chi connectivity index (χ1) is 8.24. The van der Waals surface area contributed by atoms with Crippen LogP contribution in [0, 0.1) is 0 Å². The van der Waals surface area contributed by atoms with Crippen molar-refractivity contribution in [3.05, 3.63) is 0 Å². The van der Waals surface area contributed by atoms with Crippen LogP contribution in [-0.2, 0) is 19.1 Å². The molecular weight excluding hydrogens is 224 g/mol. The maximum Gasteiger partial charge on any atom is 0.246 e. The fourth-order valence-electron chi connectivity index (χ4n) is 1.62. The highest BCUT2D eigenvalue weighted by Crippen LogP contribution is 2.04. The summed E-state index contributed by atoms with van der Waals surface area (Å²) in [5.41, 5.74) is 0. The van der Waals surface area contributed by atoms with E-state index in [4.69, 9.17) is 9.47 Å². The van der Waals surface area contributed by atoms with Crippen molar-refractivity contribution in [2.75, 3.05) is 33.5 Å². The zero-order valence-corrected chi connectivity index (χ0v) is 10.2. The summed E-state index contributed by atoms with van der Waals surface area (Å²) in [4.78, 5) is 23.0. The molecule has 2 N–H and O–H groups in total. The van der Waals surface area contributed by atoms with Gasteiger partial charge in [0.15, 0.2) is 0 Å². The van der Waals surface area contributed by atoms with E-state index in [1.807, 2.05) is 0 Å². The summed E-state index contributed by atoms with van der Waals surface area (Å²) in [5, 5.41) is 5.43. The van der Waals surface area contributed by atoms with Gasteiger partial charge in [-0.3, -0.25) is 9.59 Å². The zero-order valence-electron chi connectivity index (χ0n) is 10.2. The first kappa shape index (κ1) is 13.9. The predicted octanol–water partition coefficient (Wildman–Crippen LogP) is -0.566. The quantitative estimate of drug-likeness (QED) is 0.614. The van der Waals surface area contributed by atoms with Gasteiger partial charge in [-0.15, -0.1) is 0 Å². The third kappa shape index (κ3) is 5.65.